The van der Waals surface area contributed by atoms with E-state index in [1.165, 1.54) is 6.07 Å². The second-order valence-corrected chi connectivity index (χ2v) is 10.8. The van der Waals surface area contributed by atoms with Crippen molar-refractivity contribution in [3.63, 3.8) is 0 Å². The third-order valence-electron chi connectivity index (χ3n) is 7.02. The second kappa shape index (κ2) is 16.3. The second-order valence-electron chi connectivity index (χ2n) is 9.69. The first kappa shape index (κ1) is 34.1. The summed E-state index contributed by atoms with van der Waals surface area (Å²) in [7, 11) is 2.50. The van der Waals surface area contributed by atoms with Gasteiger partial charge in [0.2, 0.25) is 0 Å². The van der Waals surface area contributed by atoms with E-state index in [9.17, 15) is 18.4 Å². The predicted octanol–water partition coefficient (Wildman–Crippen LogP) is 7.36. The molecular weight excluding hydrogens is 519 g/mol. The molecule has 2 aromatic carbocycles. The average molecular weight is 564 g/mol. The van der Waals surface area contributed by atoms with E-state index in [0.717, 1.165) is 49.4 Å². The van der Waals surface area contributed by atoms with Gasteiger partial charge in [0, 0.05) is 10.4 Å². The number of aldehydes is 1. The SMILES string of the molecule is CC.CCC/C(=C/C=O)C1(C)CCCN1C(Cc1cccc(C)c1F)C(C)=O.Cc1cc(P)c(S)cc1F. The molecule has 1 heterocycles. The van der Waals surface area contributed by atoms with Crippen molar-refractivity contribution in [3.05, 3.63) is 70.3 Å². The zero-order valence-corrected chi connectivity index (χ0v) is 26.0. The Hall–Kier alpha value is -1.88. The van der Waals surface area contributed by atoms with Crippen LogP contribution in [0.15, 0.2) is 46.9 Å². The summed E-state index contributed by atoms with van der Waals surface area (Å²) in [6, 6.07) is 8.13. The number of allylic oxidation sites excluding steroid dienone is 1. The van der Waals surface area contributed by atoms with Crippen molar-refractivity contribution in [3.8, 4) is 0 Å². The van der Waals surface area contributed by atoms with Gasteiger partial charge in [0.25, 0.3) is 0 Å². The molecule has 3 atom stereocenters. The van der Waals surface area contributed by atoms with Gasteiger partial charge in [-0.2, -0.15) is 0 Å². The summed E-state index contributed by atoms with van der Waals surface area (Å²) in [4.78, 5) is 26.5. The number of nitrogens with zero attached hydrogens (tertiary/aromatic N) is 1. The molecule has 3 nitrogen and oxygen atoms in total. The molecule has 0 bridgehead atoms. The van der Waals surface area contributed by atoms with Gasteiger partial charge in [0.15, 0.2) is 0 Å². The fraction of sp³-hybridized carbons (Fsp3) is 0.484. The molecular formula is C31H44F2NO2PS. The van der Waals surface area contributed by atoms with Crippen LogP contribution in [0.4, 0.5) is 8.78 Å². The molecule has 3 unspecified atom stereocenters. The molecule has 3 rings (SSSR count). The third-order valence-corrected chi connectivity index (χ3v) is 8.12. The van der Waals surface area contributed by atoms with E-state index in [2.05, 4.69) is 40.6 Å². The molecule has 1 fully saturated rings. The summed E-state index contributed by atoms with van der Waals surface area (Å²) in [6.45, 7) is 14.1. The van der Waals surface area contributed by atoms with Crippen molar-refractivity contribution in [1.82, 2.24) is 4.90 Å². The van der Waals surface area contributed by atoms with Crippen molar-refractivity contribution in [1.29, 1.82) is 0 Å². The number of hydrogen-bond acceptors (Lipinski definition) is 4. The Balaban J connectivity index is 0.000000501. The van der Waals surface area contributed by atoms with Crippen LogP contribution in [0.25, 0.3) is 0 Å². The monoisotopic (exact) mass is 563 g/mol. The van der Waals surface area contributed by atoms with Crippen LogP contribution in [0.3, 0.4) is 0 Å². The number of halogens is 2. The van der Waals surface area contributed by atoms with Crippen LogP contribution in [0.5, 0.6) is 0 Å². The molecule has 7 heteroatoms. The Bertz CT molecular complexity index is 1070. The quantitative estimate of drug-likeness (QED) is 0.158. The fourth-order valence-corrected chi connectivity index (χ4v) is 5.46. The molecule has 0 spiro atoms. The van der Waals surface area contributed by atoms with Crippen molar-refractivity contribution in [2.75, 3.05) is 6.54 Å². The molecule has 38 heavy (non-hydrogen) atoms. The lowest BCUT2D eigenvalue weighted by Crippen LogP contribution is -2.52. The Morgan fingerprint density at radius 2 is 1.87 bits per heavy atom. The zero-order valence-electron chi connectivity index (χ0n) is 23.9. The number of thiol groups is 1. The summed E-state index contributed by atoms with van der Waals surface area (Å²) >= 11 is 4.05. The van der Waals surface area contributed by atoms with E-state index >= 15 is 0 Å². The van der Waals surface area contributed by atoms with Gasteiger partial charge in [-0.25, -0.2) is 8.78 Å². The van der Waals surface area contributed by atoms with Gasteiger partial charge >= 0.3 is 0 Å². The van der Waals surface area contributed by atoms with Crippen molar-refractivity contribution in [2.45, 2.75) is 97.0 Å². The standard InChI is InChI=1S/C22H30FNO2.C7H8FPS.C2H6/c1-5-8-19(11-14-25)22(4)12-7-13-24(22)20(17(3)26)15-18-10-6-9-16(2)21(18)23;1-4-2-6(9)7(10)3-5(4)8;1-2/h6,9-11,14,20H,5,7-8,12-13,15H2,1-4H3;2-3,10H,9H2,1H3;1-2H3/b19-11-;;. The molecule has 210 valence electrons. The summed E-state index contributed by atoms with van der Waals surface area (Å²) < 4.78 is 27.2. The molecule has 0 aromatic heterocycles. The zero-order chi connectivity index (χ0) is 29.0. The van der Waals surface area contributed by atoms with Crippen molar-refractivity contribution in [2.24, 2.45) is 0 Å². The number of benzene rings is 2. The van der Waals surface area contributed by atoms with E-state index in [4.69, 9.17) is 0 Å². The van der Waals surface area contributed by atoms with Crippen LogP contribution in [-0.2, 0) is 16.0 Å². The lowest BCUT2D eigenvalue weighted by atomic mass is 9.84. The Morgan fingerprint density at radius 1 is 1.21 bits per heavy atom. The van der Waals surface area contributed by atoms with Crippen LogP contribution in [-0.4, -0.2) is 35.1 Å². The average Bonchev–Trinajstić information content (AvgIpc) is 3.27. The molecule has 0 saturated carbocycles. The van der Waals surface area contributed by atoms with Gasteiger partial charge in [-0.1, -0.05) is 45.4 Å². The predicted molar refractivity (Wildman–Crippen MR) is 162 cm³/mol. The molecule has 1 aliphatic rings. The number of rotatable bonds is 8. The van der Waals surface area contributed by atoms with Crippen LogP contribution in [0, 0.1) is 25.5 Å². The topological polar surface area (TPSA) is 37.4 Å². The van der Waals surface area contributed by atoms with E-state index in [1.54, 1.807) is 45.0 Å². The first-order valence-electron chi connectivity index (χ1n) is 13.4. The summed E-state index contributed by atoms with van der Waals surface area (Å²) in [5.74, 6) is -0.381. The summed E-state index contributed by atoms with van der Waals surface area (Å²) in [6.07, 6.45) is 6.51. The molecule has 1 aliphatic heterocycles. The highest BCUT2D eigenvalue weighted by Gasteiger charge is 2.44. The lowest BCUT2D eigenvalue weighted by Gasteiger charge is -2.42. The number of likely N-dealkylation sites (tertiary alicyclic amines) is 1. The third kappa shape index (κ3) is 8.83. The molecule has 0 radical (unpaired) electrons. The highest BCUT2D eigenvalue weighted by atomic mass is 32.1. The largest absolute Gasteiger partial charge is 0.299 e. The van der Waals surface area contributed by atoms with Gasteiger partial charge in [-0.15, -0.1) is 21.9 Å². The van der Waals surface area contributed by atoms with Gasteiger partial charge < -0.3 is 0 Å². The molecule has 2 aromatic rings. The highest BCUT2D eigenvalue weighted by Crippen LogP contribution is 2.39. The lowest BCUT2D eigenvalue weighted by molar-refractivity contribution is -0.123. The Labute approximate surface area is 236 Å². The molecule has 1 saturated heterocycles. The number of Topliss-reactive ketones (excluding diaryl/α,β-unsaturated/α-hetero) is 1. The van der Waals surface area contributed by atoms with Crippen molar-refractivity contribution < 1.29 is 18.4 Å². The maximum Gasteiger partial charge on any atom is 0.147 e. The first-order valence-corrected chi connectivity index (χ1v) is 14.4. The first-order chi connectivity index (χ1) is 18.0. The fourth-order valence-electron chi connectivity index (χ4n) is 4.95. The number of aryl methyl sites for hydroxylation is 2. The van der Waals surface area contributed by atoms with E-state index in [0.29, 0.717) is 28.0 Å². The molecule has 0 amide bonds. The van der Waals surface area contributed by atoms with E-state index in [-0.39, 0.29) is 29.0 Å². The van der Waals surface area contributed by atoms with E-state index in [1.807, 2.05) is 19.9 Å². The molecule has 0 aliphatic carbocycles. The summed E-state index contributed by atoms with van der Waals surface area (Å²) in [5.41, 5.74) is 2.58. The highest BCUT2D eigenvalue weighted by molar-refractivity contribution is 7.80. The van der Waals surface area contributed by atoms with Gasteiger partial charge in [-0.05, 0) is 106 Å². The smallest absolute Gasteiger partial charge is 0.147 e. The van der Waals surface area contributed by atoms with Crippen LogP contribution in [0.1, 0.15) is 77.0 Å². The van der Waals surface area contributed by atoms with Gasteiger partial charge in [0.05, 0.1) is 6.04 Å². The number of ketones is 1. The van der Waals surface area contributed by atoms with Gasteiger partial charge in [0.1, 0.15) is 23.7 Å². The van der Waals surface area contributed by atoms with Crippen LogP contribution >= 0.6 is 21.9 Å². The maximum atomic E-state index is 14.5. The van der Waals surface area contributed by atoms with Crippen LogP contribution in [0.2, 0.25) is 0 Å². The molecule has 0 N–H and O–H groups in total. The van der Waals surface area contributed by atoms with Crippen LogP contribution < -0.4 is 5.30 Å². The normalized spacial score (nSPS) is 18.1. The van der Waals surface area contributed by atoms with E-state index < -0.39 is 0 Å². The van der Waals surface area contributed by atoms with Crippen molar-refractivity contribution >= 4 is 39.2 Å². The number of carbonyl (C=O) groups is 2. The number of carbonyl (C=O) groups excluding carboxylic acids is 2. The van der Waals surface area contributed by atoms with Gasteiger partial charge in [-0.3, -0.25) is 14.5 Å². The number of hydrogen-bond donors (Lipinski definition) is 1. The minimum Gasteiger partial charge on any atom is -0.299 e. The Kier molecular flexibility index (Phi) is 14.6. The summed E-state index contributed by atoms with van der Waals surface area (Å²) in [5, 5.41) is 0.933. The minimum atomic E-state index is -0.384. The minimum absolute atomic E-state index is 0.0426. The maximum absolute atomic E-state index is 14.5. The Morgan fingerprint density at radius 3 is 2.42 bits per heavy atom.